The fourth-order valence-electron chi connectivity index (χ4n) is 1.63. The van der Waals surface area contributed by atoms with E-state index >= 15 is 0 Å². The number of halogens is 2. The van der Waals surface area contributed by atoms with Crippen LogP contribution in [0.1, 0.15) is 5.56 Å². The second-order valence-electron chi connectivity index (χ2n) is 4.15. The van der Waals surface area contributed by atoms with Crippen molar-refractivity contribution in [1.29, 1.82) is 0 Å². The van der Waals surface area contributed by atoms with Crippen LogP contribution in [0.2, 0.25) is 0 Å². The molecular formula is C13H16BrFN2O4. The summed E-state index contributed by atoms with van der Waals surface area (Å²) in [5.74, 6) is -1.73. The minimum Gasteiger partial charge on any atom is -0.468 e. The summed E-state index contributed by atoms with van der Waals surface area (Å²) in [6, 6.07) is 2.91. The van der Waals surface area contributed by atoms with Gasteiger partial charge in [-0.3, -0.25) is 14.9 Å². The third-order valence-electron chi connectivity index (χ3n) is 2.79. The van der Waals surface area contributed by atoms with Gasteiger partial charge in [-0.25, -0.2) is 4.39 Å². The number of methoxy groups -OCH3 is 2. The summed E-state index contributed by atoms with van der Waals surface area (Å²) in [4.78, 5) is 22.3. The van der Waals surface area contributed by atoms with Crippen molar-refractivity contribution in [3.63, 3.8) is 0 Å². The van der Waals surface area contributed by atoms with Crippen molar-refractivity contribution in [1.82, 2.24) is 5.32 Å². The van der Waals surface area contributed by atoms with Crippen molar-refractivity contribution in [2.75, 3.05) is 20.0 Å². The summed E-state index contributed by atoms with van der Waals surface area (Å²) in [6.45, 7) is 0.0858. The van der Waals surface area contributed by atoms with Gasteiger partial charge in [0.15, 0.2) is 0 Å². The Hall–Kier alpha value is -1.67. The van der Waals surface area contributed by atoms with Gasteiger partial charge in [0, 0.05) is 12.2 Å². The van der Waals surface area contributed by atoms with E-state index in [0.717, 1.165) is 0 Å². The highest BCUT2D eigenvalue weighted by atomic mass is 79.9. The van der Waals surface area contributed by atoms with E-state index in [0.29, 0.717) is 11.3 Å². The Balaban J connectivity index is 2.85. The first kappa shape index (κ1) is 17.4. The van der Waals surface area contributed by atoms with E-state index in [1.807, 2.05) is 0 Å². The Morgan fingerprint density at radius 1 is 1.33 bits per heavy atom. The summed E-state index contributed by atoms with van der Waals surface area (Å²) >= 11 is 3.07. The normalized spacial score (nSPS) is 13.3. The molecule has 116 valence electrons. The van der Waals surface area contributed by atoms with Gasteiger partial charge in [-0.2, -0.15) is 0 Å². The molecule has 0 radical (unpaired) electrons. The molecule has 0 spiro atoms. The third-order valence-corrected chi connectivity index (χ3v) is 3.69. The van der Waals surface area contributed by atoms with Crippen molar-refractivity contribution in [3.05, 3.63) is 29.6 Å². The van der Waals surface area contributed by atoms with Crippen molar-refractivity contribution in [2.24, 2.45) is 0 Å². The molecule has 2 atom stereocenters. The van der Waals surface area contributed by atoms with Crippen molar-refractivity contribution in [2.45, 2.75) is 17.4 Å². The number of carbonyl (C=O) groups is 2. The Bertz CT molecular complexity index is 527. The van der Waals surface area contributed by atoms with Gasteiger partial charge in [-0.1, -0.05) is 15.9 Å². The predicted molar refractivity (Wildman–Crippen MR) is 78.2 cm³/mol. The summed E-state index contributed by atoms with van der Waals surface area (Å²) < 4.78 is 22.4. The largest absolute Gasteiger partial charge is 0.468 e. The predicted octanol–water partition coefficient (Wildman–Crippen LogP) is 0.976. The Morgan fingerprint density at radius 3 is 2.52 bits per heavy atom. The molecule has 0 aliphatic carbocycles. The van der Waals surface area contributed by atoms with E-state index in [9.17, 15) is 14.0 Å². The first-order chi connectivity index (χ1) is 9.90. The number of anilines is 1. The molecule has 21 heavy (non-hydrogen) atoms. The second kappa shape index (κ2) is 7.94. The number of esters is 2. The molecule has 0 saturated heterocycles. The van der Waals surface area contributed by atoms with Crippen LogP contribution in [0.4, 0.5) is 10.1 Å². The molecule has 0 aliphatic heterocycles. The van der Waals surface area contributed by atoms with E-state index in [1.165, 1.54) is 32.4 Å². The highest BCUT2D eigenvalue weighted by molar-refractivity contribution is 9.10. The molecular weight excluding hydrogens is 347 g/mol. The maximum absolute atomic E-state index is 13.2. The summed E-state index contributed by atoms with van der Waals surface area (Å²) in [5.41, 5.74) is 6.56. The van der Waals surface area contributed by atoms with Crippen LogP contribution in [-0.4, -0.2) is 37.0 Å². The van der Waals surface area contributed by atoms with Crippen LogP contribution in [-0.2, 0) is 25.6 Å². The minimum atomic E-state index is -0.995. The molecule has 1 aromatic rings. The quantitative estimate of drug-likeness (QED) is 0.445. The van der Waals surface area contributed by atoms with Crippen LogP contribution in [0.25, 0.3) is 0 Å². The van der Waals surface area contributed by atoms with Crippen molar-refractivity contribution in [3.8, 4) is 0 Å². The van der Waals surface area contributed by atoms with E-state index in [2.05, 4.69) is 30.7 Å². The lowest BCUT2D eigenvalue weighted by atomic mass is 10.1. The van der Waals surface area contributed by atoms with Crippen LogP contribution in [0, 0.1) is 5.82 Å². The number of ether oxygens (including phenoxy) is 2. The summed E-state index contributed by atoms with van der Waals surface area (Å²) in [5, 5.41) is 2.80. The molecule has 0 aliphatic rings. The first-order valence-corrected chi connectivity index (χ1v) is 6.89. The number of nitrogen functional groups attached to an aromatic ring is 1. The summed E-state index contributed by atoms with van der Waals surface area (Å²) in [6.07, 6.45) is 0. The number of rotatable bonds is 6. The summed E-state index contributed by atoms with van der Waals surface area (Å²) in [7, 11) is 2.40. The lowest BCUT2D eigenvalue weighted by molar-refractivity contribution is -0.148. The molecule has 0 heterocycles. The maximum atomic E-state index is 13.2. The fraction of sp³-hybridized carbons (Fsp3) is 0.385. The smallest absolute Gasteiger partial charge is 0.324 e. The highest BCUT2D eigenvalue weighted by Crippen LogP contribution is 2.15. The van der Waals surface area contributed by atoms with E-state index < -0.39 is 28.6 Å². The van der Waals surface area contributed by atoms with Crippen molar-refractivity contribution >= 4 is 33.6 Å². The molecule has 2 unspecified atom stereocenters. The minimum absolute atomic E-state index is 0.0858. The topological polar surface area (TPSA) is 90.6 Å². The molecule has 8 heteroatoms. The molecule has 3 N–H and O–H groups in total. The monoisotopic (exact) mass is 362 g/mol. The van der Waals surface area contributed by atoms with Gasteiger partial charge in [-0.15, -0.1) is 0 Å². The molecule has 6 nitrogen and oxygen atoms in total. The number of nitrogens with two attached hydrogens (primary N) is 1. The van der Waals surface area contributed by atoms with Crippen LogP contribution < -0.4 is 11.1 Å². The van der Waals surface area contributed by atoms with Gasteiger partial charge in [0.25, 0.3) is 0 Å². The van der Waals surface area contributed by atoms with Gasteiger partial charge in [-0.05, 0) is 23.8 Å². The maximum Gasteiger partial charge on any atom is 0.324 e. The number of alkyl halides is 1. The number of carbonyl (C=O) groups excluding carboxylic acids is 2. The van der Waals surface area contributed by atoms with E-state index in [1.54, 1.807) is 0 Å². The molecule has 0 bridgehead atoms. The average Bonchev–Trinajstić information content (AvgIpc) is 2.49. The number of hydrogen-bond acceptors (Lipinski definition) is 6. The standard InChI is InChI=1S/C13H16BrFN2O4/c1-20-12(18)10(14)11(13(19)21-2)17-6-7-5-8(15)3-4-9(7)16/h3-5,10-11,17H,6,16H2,1-2H3. The van der Waals surface area contributed by atoms with Crippen LogP contribution in [0.3, 0.4) is 0 Å². The lowest BCUT2D eigenvalue weighted by Crippen LogP contribution is -2.47. The van der Waals surface area contributed by atoms with Crippen LogP contribution >= 0.6 is 15.9 Å². The Morgan fingerprint density at radius 2 is 1.95 bits per heavy atom. The fourth-order valence-corrected chi connectivity index (χ4v) is 2.22. The molecule has 0 amide bonds. The molecule has 1 aromatic carbocycles. The highest BCUT2D eigenvalue weighted by Gasteiger charge is 2.33. The number of benzene rings is 1. The van der Waals surface area contributed by atoms with Crippen LogP contribution in [0.15, 0.2) is 18.2 Å². The third kappa shape index (κ3) is 4.68. The molecule has 0 saturated carbocycles. The Kier molecular flexibility index (Phi) is 6.57. The zero-order chi connectivity index (χ0) is 16.0. The van der Waals surface area contributed by atoms with Gasteiger partial charge < -0.3 is 15.2 Å². The van der Waals surface area contributed by atoms with Gasteiger partial charge in [0.2, 0.25) is 0 Å². The zero-order valence-corrected chi connectivity index (χ0v) is 13.1. The first-order valence-electron chi connectivity index (χ1n) is 5.97. The van der Waals surface area contributed by atoms with E-state index in [-0.39, 0.29) is 6.54 Å². The van der Waals surface area contributed by atoms with Crippen molar-refractivity contribution < 1.29 is 23.5 Å². The Labute approximate surface area is 129 Å². The second-order valence-corrected chi connectivity index (χ2v) is 5.14. The van der Waals surface area contributed by atoms with Crippen LogP contribution in [0.5, 0.6) is 0 Å². The zero-order valence-electron chi connectivity index (χ0n) is 11.6. The number of nitrogens with one attached hydrogen (secondary N) is 1. The molecule has 0 fully saturated rings. The van der Waals surface area contributed by atoms with Gasteiger partial charge in [0.05, 0.1) is 14.2 Å². The van der Waals surface area contributed by atoms with E-state index in [4.69, 9.17) is 5.73 Å². The SMILES string of the molecule is COC(=O)C(Br)C(NCc1cc(F)ccc1N)C(=O)OC. The molecule has 1 rings (SSSR count). The molecule has 0 aromatic heterocycles. The average molecular weight is 363 g/mol. The van der Waals surface area contributed by atoms with Gasteiger partial charge >= 0.3 is 11.9 Å². The van der Waals surface area contributed by atoms with Gasteiger partial charge in [0.1, 0.15) is 16.7 Å². The lowest BCUT2D eigenvalue weighted by Gasteiger charge is -2.20. The number of hydrogen-bond donors (Lipinski definition) is 2.